The Morgan fingerprint density at radius 2 is 1.59 bits per heavy atom. The van der Waals surface area contributed by atoms with E-state index >= 15 is 0 Å². The van der Waals surface area contributed by atoms with Crippen molar-refractivity contribution in [1.82, 2.24) is 10.2 Å². The zero-order chi connectivity index (χ0) is 25.6. The fourth-order valence-electron chi connectivity index (χ4n) is 3.20. The number of methoxy groups -OCH3 is 1. The number of nitrogens with zero attached hydrogens (tertiary/aromatic N) is 2. The summed E-state index contributed by atoms with van der Waals surface area (Å²) < 4.78 is 31.2. The molecule has 0 aromatic heterocycles. The van der Waals surface area contributed by atoms with Crippen molar-refractivity contribution in [2.24, 2.45) is 0 Å². The largest absolute Gasteiger partial charge is 0.497 e. The van der Waals surface area contributed by atoms with E-state index in [-0.39, 0.29) is 24.2 Å². The molecule has 0 bridgehead atoms. The third kappa shape index (κ3) is 7.25. The van der Waals surface area contributed by atoms with E-state index in [2.05, 4.69) is 5.32 Å². The van der Waals surface area contributed by atoms with Gasteiger partial charge in [0, 0.05) is 28.2 Å². The Bertz CT molecular complexity index is 1100. The molecule has 0 heterocycles. The van der Waals surface area contributed by atoms with Crippen LogP contribution in [-0.4, -0.2) is 57.1 Å². The molecule has 1 atom stereocenters. The predicted octanol–water partition coefficient (Wildman–Crippen LogP) is 3.71. The minimum Gasteiger partial charge on any atom is -0.497 e. The van der Waals surface area contributed by atoms with Crippen LogP contribution >= 0.6 is 23.2 Å². The first-order valence-electron chi connectivity index (χ1n) is 10.5. The van der Waals surface area contributed by atoms with Gasteiger partial charge in [0.25, 0.3) is 0 Å². The number of amides is 2. The second kappa shape index (κ2) is 11.8. The quantitative estimate of drug-likeness (QED) is 0.506. The van der Waals surface area contributed by atoms with Gasteiger partial charge in [-0.1, -0.05) is 29.3 Å². The van der Waals surface area contributed by atoms with Gasteiger partial charge in [-0.15, -0.1) is 0 Å². The minimum atomic E-state index is -3.83. The maximum absolute atomic E-state index is 13.5. The zero-order valence-corrected chi connectivity index (χ0v) is 22.0. The van der Waals surface area contributed by atoms with Crippen LogP contribution in [0.25, 0.3) is 0 Å². The second-order valence-corrected chi connectivity index (χ2v) is 10.7. The van der Waals surface area contributed by atoms with E-state index in [0.29, 0.717) is 21.4 Å². The lowest BCUT2D eigenvalue weighted by Crippen LogP contribution is -2.52. The highest BCUT2D eigenvalue weighted by atomic mass is 35.5. The maximum Gasteiger partial charge on any atom is 0.244 e. The topological polar surface area (TPSA) is 96.0 Å². The molecule has 0 saturated carbocycles. The molecule has 0 spiro atoms. The van der Waals surface area contributed by atoms with Crippen LogP contribution in [0.3, 0.4) is 0 Å². The van der Waals surface area contributed by atoms with E-state index in [1.54, 1.807) is 51.1 Å². The predicted molar refractivity (Wildman–Crippen MR) is 135 cm³/mol. The summed E-state index contributed by atoms with van der Waals surface area (Å²) in [7, 11) is -2.33. The maximum atomic E-state index is 13.5. The van der Waals surface area contributed by atoms with Crippen LogP contribution in [0.1, 0.15) is 26.3 Å². The highest BCUT2D eigenvalue weighted by Gasteiger charge is 2.31. The van der Waals surface area contributed by atoms with Gasteiger partial charge in [0.1, 0.15) is 18.3 Å². The number of ether oxygens (including phenoxy) is 1. The Hall–Kier alpha value is -2.49. The van der Waals surface area contributed by atoms with Crippen molar-refractivity contribution in [3.63, 3.8) is 0 Å². The number of halogens is 2. The molecule has 0 aliphatic heterocycles. The molecule has 1 N–H and O–H groups in total. The summed E-state index contributed by atoms with van der Waals surface area (Å²) in [5.41, 5.74) is 0.741. The van der Waals surface area contributed by atoms with E-state index < -0.39 is 28.5 Å². The molecule has 2 aromatic carbocycles. The molecule has 0 fully saturated rings. The number of hydrogen-bond acceptors (Lipinski definition) is 5. The van der Waals surface area contributed by atoms with Crippen LogP contribution < -0.4 is 14.4 Å². The molecule has 2 rings (SSSR count). The summed E-state index contributed by atoms with van der Waals surface area (Å²) >= 11 is 12.6. The zero-order valence-electron chi connectivity index (χ0n) is 19.7. The van der Waals surface area contributed by atoms with Gasteiger partial charge in [-0.3, -0.25) is 13.9 Å². The Labute approximate surface area is 210 Å². The van der Waals surface area contributed by atoms with Crippen LogP contribution in [0.4, 0.5) is 5.69 Å². The normalized spacial score (nSPS) is 12.2. The molecule has 0 saturated heterocycles. The van der Waals surface area contributed by atoms with Gasteiger partial charge in [-0.05, 0) is 57.2 Å². The van der Waals surface area contributed by atoms with E-state index in [9.17, 15) is 18.0 Å². The summed E-state index contributed by atoms with van der Waals surface area (Å²) in [4.78, 5) is 27.5. The van der Waals surface area contributed by atoms with Gasteiger partial charge in [-0.25, -0.2) is 8.42 Å². The van der Waals surface area contributed by atoms with Gasteiger partial charge >= 0.3 is 0 Å². The van der Waals surface area contributed by atoms with Crippen LogP contribution in [0.5, 0.6) is 5.75 Å². The van der Waals surface area contributed by atoms with E-state index in [1.165, 1.54) is 24.1 Å². The molecule has 34 heavy (non-hydrogen) atoms. The molecule has 0 radical (unpaired) electrons. The van der Waals surface area contributed by atoms with Crippen molar-refractivity contribution < 1.29 is 22.7 Å². The molecule has 8 nitrogen and oxygen atoms in total. The summed E-state index contributed by atoms with van der Waals surface area (Å²) in [5, 5.41) is 3.44. The highest BCUT2D eigenvalue weighted by molar-refractivity contribution is 7.92. The number of nitrogens with one attached hydrogen (secondary N) is 1. The molecule has 2 aromatic rings. The standard InChI is InChI=1S/C23H29Cl2N3O5S/c1-15(2)26-23(30)16(3)27(13-19-20(24)7-6-8-21(19)25)22(29)14-28(34(5,31)32)17-9-11-18(33-4)12-10-17/h6-12,15-16H,13-14H2,1-5H3,(H,26,30)/t16-/m0/s1. The van der Waals surface area contributed by atoms with Crippen molar-refractivity contribution in [2.45, 2.75) is 39.4 Å². The third-order valence-electron chi connectivity index (χ3n) is 5.03. The van der Waals surface area contributed by atoms with Gasteiger partial charge in [-0.2, -0.15) is 0 Å². The van der Waals surface area contributed by atoms with Crippen molar-refractivity contribution in [2.75, 3.05) is 24.2 Å². The first kappa shape index (κ1) is 27.8. The average Bonchev–Trinajstić information content (AvgIpc) is 2.75. The average molecular weight is 530 g/mol. The lowest BCUT2D eigenvalue weighted by atomic mass is 10.1. The third-order valence-corrected chi connectivity index (χ3v) is 6.88. The summed E-state index contributed by atoms with van der Waals surface area (Å²) in [6, 6.07) is 10.1. The van der Waals surface area contributed by atoms with Crippen molar-refractivity contribution in [3.05, 3.63) is 58.1 Å². The Morgan fingerprint density at radius 1 is 1.03 bits per heavy atom. The fraction of sp³-hybridized carbons (Fsp3) is 0.391. The van der Waals surface area contributed by atoms with Crippen LogP contribution in [-0.2, 0) is 26.2 Å². The first-order valence-corrected chi connectivity index (χ1v) is 13.1. The molecular formula is C23H29Cl2N3O5S. The van der Waals surface area contributed by atoms with Gasteiger partial charge in [0.15, 0.2) is 0 Å². The number of carbonyl (C=O) groups excluding carboxylic acids is 2. The first-order chi connectivity index (χ1) is 15.8. The van der Waals surface area contributed by atoms with Crippen molar-refractivity contribution in [1.29, 1.82) is 0 Å². The van der Waals surface area contributed by atoms with Crippen molar-refractivity contribution in [3.8, 4) is 5.75 Å². The SMILES string of the molecule is COc1ccc(N(CC(=O)N(Cc2c(Cl)cccc2Cl)[C@@H](C)C(=O)NC(C)C)S(C)(=O)=O)cc1. The fourth-order valence-corrected chi connectivity index (χ4v) is 4.57. The summed E-state index contributed by atoms with van der Waals surface area (Å²) in [6.07, 6.45) is 1.01. The number of carbonyl (C=O) groups is 2. The highest BCUT2D eigenvalue weighted by Crippen LogP contribution is 2.27. The van der Waals surface area contributed by atoms with Crippen LogP contribution in [0.15, 0.2) is 42.5 Å². The summed E-state index contributed by atoms with van der Waals surface area (Å²) in [5.74, 6) is -0.442. The lowest BCUT2D eigenvalue weighted by Gasteiger charge is -2.32. The minimum absolute atomic E-state index is 0.0791. The molecular weight excluding hydrogens is 501 g/mol. The number of sulfonamides is 1. The number of hydrogen-bond donors (Lipinski definition) is 1. The second-order valence-electron chi connectivity index (χ2n) is 8.03. The van der Waals surface area contributed by atoms with Crippen LogP contribution in [0, 0.1) is 0 Å². The molecule has 2 amide bonds. The van der Waals surface area contributed by atoms with Crippen molar-refractivity contribution >= 4 is 50.7 Å². The molecule has 0 aliphatic rings. The number of benzene rings is 2. The smallest absolute Gasteiger partial charge is 0.244 e. The lowest BCUT2D eigenvalue weighted by molar-refractivity contribution is -0.139. The Balaban J connectivity index is 2.44. The van der Waals surface area contributed by atoms with E-state index in [1.807, 2.05) is 0 Å². The van der Waals surface area contributed by atoms with Crippen LogP contribution in [0.2, 0.25) is 10.0 Å². The Kier molecular flexibility index (Phi) is 9.61. The van der Waals surface area contributed by atoms with E-state index in [4.69, 9.17) is 27.9 Å². The van der Waals surface area contributed by atoms with Gasteiger partial charge < -0.3 is 15.0 Å². The monoisotopic (exact) mass is 529 g/mol. The molecule has 0 unspecified atom stereocenters. The molecule has 186 valence electrons. The van der Waals surface area contributed by atoms with Gasteiger partial charge in [0.2, 0.25) is 21.8 Å². The molecule has 11 heteroatoms. The summed E-state index contributed by atoms with van der Waals surface area (Å²) in [6.45, 7) is 4.57. The number of anilines is 1. The van der Waals surface area contributed by atoms with Gasteiger partial charge in [0.05, 0.1) is 19.1 Å². The molecule has 0 aliphatic carbocycles. The number of rotatable bonds is 10. The van der Waals surface area contributed by atoms with E-state index in [0.717, 1.165) is 10.6 Å². The Morgan fingerprint density at radius 3 is 2.06 bits per heavy atom.